The Balaban J connectivity index is 1.17. The topological polar surface area (TPSA) is 106 Å². The van der Waals surface area contributed by atoms with Crippen molar-refractivity contribution in [3.8, 4) is 23.4 Å². The van der Waals surface area contributed by atoms with E-state index in [2.05, 4.69) is 34.0 Å². The van der Waals surface area contributed by atoms with E-state index in [1.807, 2.05) is 41.1 Å². The lowest BCUT2D eigenvalue weighted by molar-refractivity contribution is -0.127. The third kappa shape index (κ3) is 7.90. The number of piperidine rings is 1. The van der Waals surface area contributed by atoms with Crippen LogP contribution in [0.5, 0.6) is 5.75 Å². The lowest BCUT2D eigenvalue weighted by atomic mass is 9.81. The van der Waals surface area contributed by atoms with Gasteiger partial charge in [0.05, 0.1) is 17.9 Å². The number of hydrogen-bond acceptors (Lipinski definition) is 7. The molecule has 2 aliphatic rings. The third-order valence-electron chi connectivity index (χ3n) is 8.28. The van der Waals surface area contributed by atoms with Crippen LogP contribution in [0.3, 0.4) is 0 Å². The molecule has 1 aliphatic carbocycles. The van der Waals surface area contributed by atoms with Gasteiger partial charge in [-0.1, -0.05) is 18.9 Å². The van der Waals surface area contributed by atoms with Gasteiger partial charge in [-0.2, -0.15) is 0 Å². The Labute approximate surface area is 249 Å². The van der Waals surface area contributed by atoms with Gasteiger partial charge in [0.15, 0.2) is 0 Å². The predicted octanol–water partition coefficient (Wildman–Crippen LogP) is 3.99. The summed E-state index contributed by atoms with van der Waals surface area (Å²) in [6.07, 6.45) is 11.1. The van der Waals surface area contributed by atoms with Crippen LogP contribution in [0.15, 0.2) is 42.7 Å². The second-order valence-electron chi connectivity index (χ2n) is 11.5. The Bertz CT molecular complexity index is 1550. The molecular weight excluding hydrogens is 550 g/mol. The van der Waals surface area contributed by atoms with Gasteiger partial charge in [0.1, 0.15) is 21.4 Å². The number of ether oxygens (including phenoxy) is 1. The standard InChI is InChI=1S/C32H41N5O4S/c1-3-36-19-5-7-26(23-36)34-32(38)25-13-10-24(11-14-25)12-15-30-33-18-16-31(35-30)37-20-17-27-28(37)8-4-9-29(27)41-21-6-22-42(2,39)40/h4,8-9,16-18,20,24-26H,3,5-7,10-11,13-14,19,21-23H2,1-2H3,(H,34,38)/t24?,25?,26-/m1/s1. The molecule has 1 aromatic carbocycles. The summed E-state index contributed by atoms with van der Waals surface area (Å²) in [5.41, 5.74) is 0.931. The zero-order valence-corrected chi connectivity index (χ0v) is 25.4. The van der Waals surface area contributed by atoms with Crippen LogP contribution in [-0.4, -0.2) is 78.1 Å². The van der Waals surface area contributed by atoms with Crippen molar-refractivity contribution in [2.24, 2.45) is 11.8 Å². The van der Waals surface area contributed by atoms with Crippen molar-refractivity contribution in [3.05, 3.63) is 48.5 Å². The normalized spacial score (nSPS) is 21.4. The van der Waals surface area contributed by atoms with E-state index in [9.17, 15) is 13.2 Å². The zero-order valence-electron chi connectivity index (χ0n) is 24.6. The molecule has 9 nitrogen and oxygen atoms in total. The SMILES string of the molecule is CCN1CCC[C@@H](NC(=O)C2CCC(C#Cc3nccc(-n4ccc5c(OCCCS(C)(=O)=O)cccc54)n3)CC2)C1. The van der Waals surface area contributed by atoms with Crippen molar-refractivity contribution in [2.75, 3.05) is 38.2 Å². The van der Waals surface area contributed by atoms with Gasteiger partial charge in [-0.3, -0.25) is 4.79 Å². The highest BCUT2D eigenvalue weighted by molar-refractivity contribution is 7.90. The summed E-state index contributed by atoms with van der Waals surface area (Å²) in [7, 11) is -3.01. The van der Waals surface area contributed by atoms with E-state index in [1.54, 1.807) is 6.20 Å². The number of nitrogens with zero attached hydrogens (tertiary/aromatic N) is 4. The average molecular weight is 592 g/mol. The Morgan fingerprint density at radius 3 is 2.76 bits per heavy atom. The number of nitrogens with one attached hydrogen (secondary N) is 1. The molecule has 1 saturated heterocycles. The zero-order chi connectivity index (χ0) is 29.5. The van der Waals surface area contributed by atoms with E-state index in [-0.39, 0.29) is 29.5 Å². The smallest absolute Gasteiger partial charge is 0.223 e. The monoisotopic (exact) mass is 591 g/mol. The van der Waals surface area contributed by atoms with Crippen molar-refractivity contribution in [1.82, 2.24) is 24.8 Å². The van der Waals surface area contributed by atoms with Crippen LogP contribution in [0, 0.1) is 23.7 Å². The van der Waals surface area contributed by atoms with E-state index in [4.69, 9.17) is 9.72 Å². The fraction of sp³-hybridized carbons (Fsp3) is 0.531. The summed E-state index contributed by atoms with van der Waals surface area (Å²) in [5, 5.41) is 4.24. The number of carbonyl (C=O) groups is 1. The summed E-state index contributed by atoms with van der Waals surface area (Å²) < 4.78 is 30.7. The van der Waals surface area contributed by atoms with E-state index in [0.717, 1.165) is 69.1 Å². The second kappa shape index (κ2) is 13.7. The highest BCUT2D eigenvalue weighted by atomic mass is 32.2. The molecule has 0 unspecified atom stereocenters. The van der Waals surface area contributed by atoms with Gasteiger partial charge in [0.25, 0.3) is 0 Å². The number of sulfone groups is 1. The summed E-state index contributed by atoms with van der Waals surface area (Å²) >= 11 is 0. The molecule has 0 spiro atoms. The maximum atomic E-state index is 12.9. The van der Waals surface area contributed by atoms with E-state index >= 15 is 0 Å². The number of benzene rings is 1. The Kier molecular flexibility index (Phi) is 9.80. The number of amides is 1. The molecule has 3 heterocycles. The molecule has 1 atom stereocenters. The van der Waals surface area contributed by atoms with Crippen LogP contribution in [0.4, 0.5) is 0 Å². The van der Waals surface area contributed by atoms with E-state index in [0.29, 0.717) is 30.4 Å². The fourth-order valence-corrected chi connectivity index (χ4v) is 6.60. The van der Waals surface area contributed by atoms with Crippen molar-refractivity contribution in [2.45, 2.75) is 57.9 Å². The number of carbonyl (C=O) groups excluding carboxylic acids is 1. The van der Waals surface area contributed by atoms with Gasteiger partial charge < -0.3 is 19.5 Å². The lowest BCUT2D eigenvalue weighted by Gasteiger charge is -2.34. The molecule has 224 valence electrons. The first-order valence-corrected chi connectivity index (χ1v) is 17.1. The van der Waals surface area contributed by atoms with E-state index < -0.39 is 9.84 Å². The number of likely N-dealkylation sites (tertiary alicyclic amines) is 1. The molecule has 1 N–H and O–H groups in total. The van der Waals surface area contributed by atoms with Crippen LogP contribution in [0.25, 0.3) is 16.7 Å². The minimum atomic E-state index is -3.01. The van der Waals surface area contributed by atoms with Crippen molar-refractivity contribution >= 4 is 26.6 Å². The molecule has 1 saturated carbocycles. The first kappa shape index (κ1) is 30.1. The van der Waals surface area contributed by atoms with Crippen molar-refractivity contribution < 1.29 is 17.9 Å². The quantitative estimate of drug-likeness (QED) is 0.296. The summed E-state index contributed by atoms with van der Waals surface area (Å²) in [5.74, 6) is 9.06. The summed E-state index contributed by atoms with van der Waals surface area (Å²) in [4.78, 5) is 24.4. The minimum Gasteiger partial charge on any atom is -0.493 e. The molecule has 42 heavy (non-hydrogen) atoms. The molecule has 0 bridgehead atoms. The Morgan fingerprint density at radius 1 is 1.14 bits per heavy atom. The lowest BCUT2D eigenvalue weighted by Crippen LogP contribution is -2.49. The molecule has 1 aliphatic heterocycles. The highest BCUT2D eigenvalue weighted by Crippen LogP contribution is 2.30. The van der Waals surface area contributed by atoms with Crippen LogP contribution in [0.2, 0.25) is 0 Å². The third-order valence-corrected chi connectivity index (χ3v) is 9.31. The molecule has 10 heteroatoms. The number of rotatable bonds is 9. The first-order chi connectivity index (χ1) is 20.3. The maximum absolute atomic E-state index is 12.9. The second-order valence-corrected chi connectivity index (χ2v) is 13.8. The summed E-state index contributed by atoms with van der Waals surface area (Å²) in [6.45, 7) is 5.64. The van der Waals surface area contributed by atoms with Crippen LogP contribution >= 0.6 is 0 Å². The molecular formula is C32H41N5O4S. The van der Waals surface area contributed by atoms with Crippen molar-refractivity contribution in [3.63, 3.8) is 0 Å². The molecule has 5 rings (SSSR count). The Morgan fingerprint density at radius 2 is 1.98 bits per heavy atom. The largest absolute Gasteiger partial charge is 0.493 e. The minimum absolute atomic E-state index is 0.0789. The first-order valence-electron chi connectivity index (χ1n) is 15.1. The van der Waals surface area contributed by atoms with Gasteiger partial charge in [-0.15, -0.1) is 0 Å². The van der Waals surface area contributed by atoms with Crippen LogP contribution in [-0.2, 0) is 14.6 Å². The van der Waals surface area contributed by atoms with Gasteiger partial charge in [-0.25, -0.2) is 18.4 Å². The molecule has 0 radical (unpaired) electrons. The van der Waals surface area contributed by atoms with Crippen molar-refractivity contribution in [1.29, 1.82) is 0 Å². The fourth-order valence-electron chi connectivity index (χ4n) is 5.96. The molecule has 1 amide bonds. The average Bonchev–Trinajstić information content (AvgIpc) is 3.43. The van der Waals surface area contributed by atoms with Gasteiger partial charge in [-0.05, 0) is 88.2 Å². The number of likely N-dealkylation sites (N-methyl/N-ethyl adjacent to an activating group) is 1. The molecule has 2 fully saturated rings. The highest BCUT2D eigenvalue weighted by Gasteiger charge is 2.28. The van der Waals surface area contributed by atoms with Crippen LogP contribution in [0.1, 0.15) is 57.7 Å². The number of hydrogen-bond donors (Lipinski definition) is 1. The maximum Gasteiger partial charge on any atom is 0.223 e. The number of aromatic nitrogens is 3. The predicted molar refractivity (Wildman–Crippen MR) is 164 cm³/mol. The molecule has 3 aromatic rings. The van der Waals surface area contributed by atoms with Gasteiger partial charge in [0.2, 0.25) is 11.7 Å². The van der Waals surface area contributed by atoms with Crippen LogP contribution < -0.4 is 10.1 Å². The van der Waals surface area contributed by atoms with Gasteiger partial charge >= 0.3 is 0 Å². The van der Waals surface area contributed by atoms with E-state index in [1.165, 1.54) is 6.26 Å². The number of fused-ring (bicyclic) bond motifs is 1. The molecule has 2 aromatic heterocycles. The van der Waals surface area contributed by atoms with Gasteiger partial charge in [0, 0.05) is 48.5 Å². The summed E-state index contributed by atoms with van der Waals surface area (Å²) in [6, 6.07) is 9.89. The Hall–Kier alpha value is -3.42.